The van der Waals surface area contributed by atoms with Crippen molar-refractivity contribution in [1.82, 2.24) is 15.6 Å². The third kappa shape index (κ3) is 5.88. The minimum absolute atomic E-state index is 0.253. The van der Waals surface area contributed by atoms with Gasteiger partial charge in [0.15, 0.2) is 0 Å². The lowest BCUT2D eigenvalue weighted by molar-refractivity contribution is 0.0506. The van der Waals surface area contributed by atoms with Gasteiger partial charge in [-0.05, 0) is 39.7 Å². The number of carbonyl (C=O) groups is 2. The zero-order valence-corrected chi connectivity index (χ0v) is 15.2. The highest BCUT2D eigenvalue weighted by Crippen LogP contribution is 2.17. The van der Waals surface area contributed by atoms with E-state index < -0.39 is 17.7 Å². The van der Waals surface area contributed by atoms with E-state index in [4.69, 9.17) is 9.84 Å². The predicted molar refractivity (Wildman–Crippen MR) is 92.1 cm³/mol. The van der Waals surface area contributed by atoms with Crippen LogP contribution in [0.2, 0.25) is 0 Å². The molecule has 4 N–H and O–H groups in total. The Hall–Kier alpha value is -2.02. The SMILES string of the molecule is CCC(CC)(CNC(=O)OC(C)(C)C)NCc1[nH]ccc1C(=O)O. The summed E-state index contributed by atoms with van der Waals surface area (Å²) in [5.74, 6) is -0.960. The number of carboxylic acid groups (broad SMARTS) is 1. The van der Waals surface area contributed by atoms with Gasteiger partial charge < -0.3 is 25.5 Å². The van der Waals surface area contributed by atoms with Gasteiger partial charge in [-0.2, -0.15) is 0 Å². The van der Waals surface area contributed by atoms with Crippen molar-refractivity contribution < 1.29 is 19.4 Å². The molecule has 1 amide bonds. The highest BCUT2D eigenvalue weighted by atomic mass is 16.6. The largest absolute Gasteiger partial charge is 0.478 e. The number of H-pyrrole nitrogens is 1. The second kappa shape index (κ2) is 8.19. The van der Waals surface area contributed by atoms with Gasteiger partial charge in [-0.3, -0.25) is 0 Å². The van der Waals surface area contributed by atoms with Gasteiger partial charge >= 0.3 is 12.1 Å². The van der Waals surface area contributed by atoms with Crippen molar-refractivity contribution in [3.05, 3.63) is 23.5 Å². The maximum absolute atomic E-state index is 11.9. The summed E-state index contributed by atoms with van der Waals surface area (Å²) in [6.45, 7) is 10.3. The zero-order valence-electron chi connectivity index (χ0n) is 15.2. The summed E-state index contributed by atoms with van der Waals surface area (Å²) in [7, 11) is 0. The second-order valence-corrected chi connectivity index (χ2v) is 6.87. The van der Waals surface area contributed by atoms with Crippen LogP contribution in [0.25, 0.3) is 0 Å². The molecule has 24 heavy (non-hydrogen) atoms. The number of aromatic nitrogens is 1. The van der Waals surface area contributed by atoms with Crippen LogP contribution in [0.15, 0.2) is 12.3 Å². The molecule has 1 aromatic rings. The summed E-state index contributed by atoms with van der Waals surface area (Å²) < 4.78 is 5.26. The fraction of sp³-hybridized carbons (Fsp3) is 0.647. The van der Waals surface area contributed by atoms with Gasteiger partial charge in [0, 0.05) is 30.5 Å². The van der Waals surface area contributed by atoms with Crippen LogP contribution in [-0.4, -0.2) is 39.8 Å². The molecule has 0 bridgehead atoms. The summed E-state index contributed by atoms with van der Waals surface area (Å²) in [4.78, 5) is 26.0. The molecule has 0 unspecified atom stereocenters. The van der Waals surface area contributed by atoms with E-state index >= 15 is 0 Å². The molecule has 7 nitrogen and oxygen atoms in total. The zero-order chi connectivity index (χ0) is 18.4. The summed E-state index contributed by atoms with van der Waals surface area (Å²) in [6.07, 6.45) is 2.71. The quantitative estimate of drug-likeness (QED) is 0.583. The number of aromatic amines is 1. The Labute approximate surface area is 143 Å². The van der Waals surface area contributed by atoms with Crippen LogP contribution in [0.1, 0.15) is 63.5 Å². The molecule has 0 saturated heterocycles. The standard InChI is InChI=1S/C17H29N3O4/c1-6-17(7-2,11-19-15(23)24-16(3,4)5)20-10-13-12(14(21)22)8-9-18-13/h8-9,18,20H,6-7,10-11H2,1-5H3,(H,19,23)(H,21,22). The lowest BCUT2D eigenvalue weighted by Crippen LogP contribution is -2.53. The molecule has 0 aromatic carbocycles. The molecule has 1 rings (SSSR count). The van der Waals surface area contributed by atoms with Crippen molar-refractivity contribution in [2.75, 3.05) is 6.54 Å². The normalized spacial score (nSPS) is 12.0. The molecule has 1 heterocycles. The number of amides is 1. The molecule has 0 saturated carbocycles. The third-order valence-electron chi connectivity index (χ3n) is 4.03. The fourth-order valence-corrected chi connectivity index (χ4v) is 2.39. The molecule has 136 valence electrons. The Morgan fingerprint density at radius 3 is 2.38 bits per heavy atom. The average Bonchev–Trinajstić information content (AvgIpc) is 2.95. The molecular formula is C17H29N3O4. The van der Waals surface area contributed by atoms with Gasteiger partial charge in [-0.25, -0.2) is 9.59 Å². The van der Waals surface area contributed by atoms with Crippen LogP contribution in [0.4, 0.5) is 4.79 Å². The Kier molecular flexibility index (Phi) is 6.83. The first kappa shape index (κ1) is 20.0. The van der Waals surface area contributed by atoms with E-state index in [1.807, 2.05) is 34.6 Å². The second-order valence-electron chi connectivity index (χ2n) is 6.87. The summed E-state index contributed by atoms with van der Waals surface area (Å²) >= 11 is 0. The molecule has 0 atom stereocenters. The highest BCUT2D eigenvalue weighted by Gasteiger charge is 2.28. The Bertz CT molecular complexity index is 556. The van der Waals surface area contributed by atoms with Gasteiger partial charge in [0.1, 0.15) is 5.60 Å². The number of nitrogens with one attached hydrogen (secondary N) is 3. The van der Waals surface area contributed by atoms with E-state index in [1.54, 1.807) is 6.20 Å². The van der Waals surface area contributed by atoms with E-state index in [1.165, 1.54) is 6.07 Å². The number of ether oxygens (including phenoxy) is 1. The van der Waals surface area contributed by atoms with Crippen molar-refractivity contribution >= 4 is 12.1 Å². The number of hydrogen-bond acceptors (Lipinski definition) is 4. The number of carboxylic acids is 1. The minimum atomic E-state index is -0.960. The minimum Gasteiger partial charge on any atom is -0.478 e. The van der Waals surface area contributed by atoms with Crippen molar-refractivity contribution in [3.63, 3.8) is 0 Å². The van der Waals surface area contributed by atoms with E-state index in [0.29, 0.717) is 18.8 Å². The molecule has 0 radical (unpaired) electrons. The number of hydrogen-bond donors (Lipinski definition) is 4. The van der Waals surface area contributed by atoms with E-state index in [9.17, 15) is 9.59 Å². The van der Waals surface area contributed by atoms with Gasteiger partial charge in [0.25, 0.3) is 0 Å². The lowest BCUT2D eigenvalue weighted by Gasteiger charge is -2.33. The molecule has 0 aliphatic carbocycles. The molecule has 0 aliphatic rings. The Morgan fingerprint density at radius 1 is 1.25 bits per heavy atom. The predicted octanol–water partition coefficient (Wildman–Crippen LogP) is 2.89. The van der Waals surface area contributed by atoms with Gasteiger partial charge in [-0.15, -0.1) is 0 Å². The van der Waals surface area contributed by atoms with Gasteiger partial charge in [0.05, 0.1) is 5.56 Å². The van der Waals surface area contributed by atoms with Crippen molar-refractivity contribution in [2.45, 2.75) is 65.1 Å². The van der Waals surface area contributed by atoms with Crippen LogP contribution in [-0.2, 0) is 11.3 Å². The third-order valence-corrected chi connectivity index (χ3v) is 4.03. The summed E-state index contributed by atoms with van der Waals surface area (Å²) in [5.41, 5.74) is -0.00781. The Morgan fingerprint density at radius 2 is 1.88 bits per heavy atom. The van der Waals surface area contributed by atoms with Crippen LogP contribution in [0, 0.1) is 0 Å². The van der Waals surface area contributed by atoms with Crippen LogP contribution < -0.4 is 10.6 Å². The van der Waals surface area contributed by atoms with Gasteiger partial charge in [0.2, 0.25) is 0 Å². The fourth-order valence-electron chi connectivity index (χ4n) is 2.39. The molecule has 0 fully saturated rings. The van der Waals surface area contributed by atoms with E-state index in [2.05, 4.69) is 15.6 Å². The van der Waals surface area contributed by atoms with Crippen molar-refractivity contribution in [3.8, 4) is 0 Å². The number of aromatic carboxylic acids is 1. The van der Waals surface area contributed by atoms with Crippen molar-refractivity contribution in [1.29, 1.82) is 0 Å². The van der Waals surface area contributed by atoms with E-state index in [0.717, 1.165) is 12.8 Å². The maximum Gasteiger partial charge on any atom is 0.407 e. The molecule has 0 spiro atoms. The summed E-state index contributed by atoms with van der Waals surface area (Å²) in [5, 5.41) is 15.3. The Balaban J connectivity index is 2.69. The monoisotopic (exact) mass is 339 g/mol. The topological polar surface area (TPSA) is 103 Å². The highest BCUT2D eigenvalue weighted by molar-refractivity contribution is 5.88. The first-order valence-electron chi connectivity index (χ1n) is 8.24. The molecular weight excluding hydrogens is 310 g/mol. The van der Waals surface area contributed by atoms with Crippen molar-refractivity contribution in [2.24, 2.45) is 0 Å². The number of carbonyl (C=O) groups excluding carboxylic acids is 1. The number of alkyl carbamates (subject to hydrolysis) is 1. The van der Waals surface area contributed by atoms with Crippen LogP contribution >= 0.6 is 0 Å². The average molecular weight is 339 g/mol. The summed E-state index contributed by atoms with van der Waals surface area (Å²) in [6, 6.07) is 1.54. The molecule has 7 heteroatoms. The first-order chi connectivity index (χ1) is 11.1. The number of rotatable bonds is 8. The first-order valence-corrected chi connectivity index (χ1v) is 8.24. The van der Waals surface area contributed by atoms with E-state index in [-0.39, 0.29) is 11.1 Å². The van der Waals surface area contributed by atoms with Gasteiger partial charge in [-0.1, -0.05) is 13.8 Å². The lowest BCUT2D eigenvalue weighted by atomic mass is 9.92. The van der Waals surface area contributed by atoms with Crippen LogP contribution in [0.5, 0.6) is 0 Å². The smallest absolute Gasteiger partial charge is 0.407 e. The van der Waals surface area contributed by atoms with Crippen LogP contribution in [0.3, 0.4) is 0 Å². The maximum atomic E-state index is 11.9. The molecule has 1 aromatic heterocycles. The molecule has 0 aliphatic heterocycles.